The molecule has 26 heavy (non-hydrogen) atoms. The molecular formula is C18H17Br2NO4S. The van der Waals surface area contributed by atoms with E-state index in [1.54, 1.807) is 42.5 Å². The molecular weight excluding hydrogens is 486 g/mol. The van der Waals surface area contributed by atoms with Crippen LogP contribution in [0.25, 0.3) is 0 Å². The van der Waals surface area contributed by atoms with E-state index in [2.05, 4.69) is 37.2 Å². The van der Waals surface area contributed by atoms with Crippen molar-refractivity contribution in [2.75, 3.05) is 12.9 Å². The van der Waals surface area contributed by atoms with Crippen LogP contribution in [-0.4, -0.2) is 35.0 Å². The molecule has 2 rings (SSSR count). The number of hydrogen-bond acceptors (Lipinski definition) is 4. The summed E-state index contributed by atoms with van der Waals surface area (Å²) in [5.74, 6) is -0.753. The van der Waals surface area contributed by atoms with E-state index in [0.717, 1.165) is 8.95 Å². The molecule has 2 atom stereocenters. The fourth-order valence-corrected chi connectivity index (χ4v) is 4.67. The number of esters is 1. The van der Waals surface area contributed by atoms with Gasteiger partial charge in [-0.15, -0.1) is 0 Å². The Morgan fingerprint density at radius 1 is 1.12 bits per heavy atom. The van der Waals surface area contributed by atoms with Gasteiger partial charge in [0.1, 0.15) is 6.04 Å². The fraction of sp³-hybridized carbons (Fsp3) is 0.222. The number of nitrogens with one attached hydrogen (secondary N) is 1. The third kappa shape index (κ3) is 6.03. The zero-order valence-corrected chi connectivity index (χ0v) is 17.9. The van der Waals surface area contributed by atoms with Crippen LogP contribution in [0.4, 0.5) is 0 Å². The van der Waals surface area contributed by atoms with Crippen LogP contribution in [0.3, 0.4) is 0 Å². The Morgan fingerprint density at radius 3 is 2.31 bits per heavy atom. The summed E-state index contributed by atoms with van der Waals surface area (Å²) in [7, 11) is -0.00793. The summed E-state index contributed by atoms with van der Waals surface area (Å²) in [4.78, 5) is 25.1. The second kappa shape index (κ2) is 9.99. The number of ether oxygens (including phenoxy) is 1. The molecule has 0 aliphatic rings. The number of amides is 1. The Balaban J connectivity index is 2.06. The van der Waals surface area contributed by atoms with Crippen LogP contribution in [0, 0.1) is 0 Å². The van der Waals surface area contributed by atoms with Crippen molar-refractivity contribution in [2.45, 2.75) is 17.4 Å². The largest absolute Gasteiger partial charge is 0.467 e. The van der Waals surface area contributed by atoms with Crippen LogP contribution in [0.1, 0.15) is 16.8 Å². The van der Waals surface area contributed by atoms with Crippen LogP contribution in [0.15, 0.2) is 62.4 Å². The third-order valence-electron chi connectivity index (χ3n) is 3.51. The molecule has 0 aromatic heterocycles. The molecule has 0 heterocycles. The fourth-order valence-electron chi connectivity index (χ4n) is 2.23. The highest BCUT2D eigenvalue weighted by Gasteiger charge is 2.23. The normalized spacial score (nSPS) is 12.9. The van der Waals surface area contributed by atoms with Gasteiger partial charge in [-0.25, -0.2) is 4.79 Å². The summed E-state index contributed by atoms with van der Waals surface area (Å²) >= 11 is 6.65. The predicted molar refractivity (Wildman–Crippen MR) is 107 cm³/mol. The zero-order chi connectivity index (χ0) is 19.1. The lowest BCUT2D eigenvalue weighted by Crippen LogP contribution is -2.42. The van der Waals surface area contributed by atoms with Crippen molar-refractivity contribution >= 4 is 54.5 Å². The minimum absolute atomic E-state index is 0.203. The van der Waals surface area contributed by atoms with Crippen LogP contribution >= 0.6 is 31.9 Å². The van der Waals surface area contributed by atoms with Gasteiger partial charge < -0.3 is 10.1 Å². The Morgan fingerprint density at radius 2 is 1.73 bits per heavy atom. The molecule has 138 valence electrons. The average molecular weight is 503 g/mol. The van der Waals surface area contributed by atoms with Gasteiger partial charge in [0.2, 0.25) is 0 Å². The maximum atomic E-state index is 12.5. The molecule has 8 heteroatoms. The molecule has 0 aliphatic carbocycles. The minimum atomic E-state index is -1.26. The third-order valence-corrected chi connectivity index (χ3v) is 5.83. The Labute approximate surface area is 171 Å². The van der Waals surface area contributed by atoms with Crippen molar-refractivity contribution in [1.29, 1.82) is 0 Å². The molecule has 2 aromatic rings. The van der Waals surface area contributed by atoms with E-state index in [1.807, 2.05) is 6.07 Å². The first kappa shape index (κ1) is 20.8. The molecule has 0 radical (unpaired) electrons. The van der Waals surface area contributed by atoms with Gasteiger partial charge in [0.15, 0.2) is 0 Å². The second-order valence-electron chi connectivity index (χ2n) is 5.36. The van der Waals surface area contributed by atoms with E-state index >= 15 is 0 Å². The molecule has 2 aromatic carbocycles. The van der Waals surface area contributed by atoms with Crippen LogP contribution in [0.5, 0.6) is 0 Å². The van der Waals surface area contributed by atoms with Gasteiger partial charge in [-0.3, -0.25) is 9.00 Å². The van der Waals surface area contributed by atoms with E-state index in [-0.39, 0.29) is 12.2 Å². The molecule has 0 saturated carbocycles. The van der Waals surface area contributed by atoms with Crippen LogP contribution in [-0.2, 0) is 20.3 Å². The lowest BCUT2D eigenvalue weighted by Gasteiger charge is -2.16. The molecule has 1 amide bonds. The highest BCUT2D eigenvalue weighted by atomic mass is 79.9. The lowest BCUT2D eigenvalue weighted by atomic mass is 10.1. The molecule has 1 N–H and O–H groups in total. The maximum Gasteiger partial charge on any atom is 0.328 e. The first-order valence-corrected chi connectivity index (χ1v) is 10.6. The van der Waals surface area contributed by atoms with Gasteiger partial charge in [0.05, 0.1) is 17.9 Å². The summed E-state index contributed by atoms with van der Waals surface area (Å²) in [6.45, 7) is 0. The van der Waals surface area contributed by atoms with Crippen LogP contribution in [0.2, 0.25) is 0 Å². The highest BCUT2D eigenvalue weighted by molar-refractivity contribution is 9.11. The van der Waals surface area contributed by atoms with E-state index in [1.165, 1.54) is 7.11 Å². The Hall–Kier alpha value is -1.51. The highest BCUT2D eigenvalue weighted by Crippen LogP contribution is 2.20. The molecule has 0 aliphatic heterocycles. The predicted octanol–water partition coefficient (Wildman–Crippen LogP) is 3.68. The van der Waals surface area contributed by atoms with Gasteiger partial charge >= 0.3 is 5.97 Å². The lowest BCUT2D eigenvalue weighted by molar-refractivity contribution is -0.142. The summed E-state index contributed by atoms with van der Waals surface area (Å²) in [6.07, 6.45) is 0.203. The quantitative estimate of drug-likeness (QED) is 0.586. The monoisotopic (exact) mass is 501 g/mol. The second-order valence-corrected chi connectivity index (χ2v) is 8.76. The van der Waals surface area contributed by atoms with Crippen molar-refractivity contribution in [3.05, 3.63) is 63.0 Å². The van der Waals surface area contributed by atoms with Crippen molar-refractivity contribution in [1.82, 2.24) is 5.32 Å². The number of methoxy groups -OCH3 is 1. The van der Waals surface area contributed by atoms with Gasteiger partial charge in [-0.2, -0.15) is 0 Å². The Kier molecular flexibility index (Phi) is 7.99. The SMILES string of the molecule is COC(=O)[C@@H](CC[S@](=O)c1ccccc1)NC(=O)c1cc(Br)cc(Br)c1. The van der Waals surface area contributed by atoms with Gasteiger partial charge in [-0.05, 0) is 36.8 Å². The van der Waals surface area contributed by atoms with Gasteiger partial charge in [-0.1, -0.05) is 50.1 Å². The van der Waals surface area contributed by atoms with Crippen molar-refractivity contribution < 1.29 is 18.5 Å². The number of benzene rings is 2. The number of halogens is 2. The number of rotatable bonds is 7. The minimum Gasteiger partial charge on any atom is -0.467 e. The van der Waals surface area contributed by atoms with Crippen LogP contribution < -0.4 is 5.32 Å². The summed E-state index contributed by atoms with van der Waals surface area (Å²) in [5, 5.41) is 2.66. The average Bonchev–Trinajstić information content (AvgIpc) is 2.63. The standard InChI is InChI=1S/C18H17Br2NO4S/c1-25-18(23)16(7-8-26(24)15-5-3-2-4-6-15)21-17(22)12-9-13(19)11-14(20)10-12/h2-6,9-11,16H,7-8H2,1H3,(H,21,22)/t16-,26+/m1/s1. The molecule has 5 nitrogen and oxygen atoms in total. The smallest absolute Gasteiger partial charge is 0.328 e. The molecule has 0 spiro atoms. The first-order valence-electron chi connectivity index (χ1n) is 7.69. The first-order chi connectivity index (χ1) is 12.4. The summed E-state index contributed by atoms with van der Waals surface area (Å²) in [6, 6.07) is 13.2. The van der Waals surface area contributed by atoms with E-state index in [9.17, 15) is 13.8 Å². The number of hydrogen-bond donors (Lipinski definition) is 1. The van der Waals surface area contributed by atoms with Gasteiger partial charge in [0.25, 0.3) is 5.91 Å². The molecule has 0 saturated heterocycles. The van der Waals surface area contributed by atoms with Crippen molar-refractivity contribution in [2.24, 2.45) is 0 Å². The van der Waals surface area contributed by atoms with Gasteiger partial charge in [0, 0.05) is 25.2 Å². The maximum absolute atomic E-state index is 12.5. The number of carbonyl (C=O) groups excluding carboxylic acids is 2. The Bertz CT molecular complexity index is 794. The zero-order valence-electron chi connectivity index (χ0n) is 13.9. The molecule has 0 fully saturated rings. The van der Waals surface area contributed by atoms with E-state index < -0.39 is 28.7 Å². The molecule has 0 bridgehead atoms. The molecule has 0 unspecified atom stereocenters. The number of carbonyl (C=O) groups is 2. The van der Waals surface area contributed by atoms with Crippen molar-refractivity contribution in [3.63, 3.8) is 0 Å². The topological polar surface area (TPSA) is 72.5 Å². The van der Waals surface area contributed by atoms with E-state index in [4.69, 9.17) is 4.74 Å². The summed E-state index contributed by atoms with van der Waals surface area (Å²) < 4.78 is 18.6. The van der Waals surface area contributed by atoms with Crippen molar-refractivity contribution in [3.8, 4) is 0 Å². The summed E-state index contributed by atoms with van der Waals surface area (Å²) in [5.41, 5.74) is 0.393. The van der Waals surface area contributed by atoms with E-state index in [0.29, 0.717) is 10.5 Å².